The van der Waals surface area contributed by atoms with Crippen LogP contribution in [-0.2, 0) is 0 Å². The lowest BCUT2D eigenvalue weighted by atomic mass is 10.2. The van der Waals surface area contributed by atoms with Crippen LogP contribution >= 0.6 is 0 Å². The summed E-state index contributed by atoms with van der Waals surface area (Å²) in [5.74, 6) is -0.0685. The molecule has 3 N–H and O–H groups in total. The standard InChI is InChI=1S/C9H12N2O.2C2H6/c10-6-7-11-9(12)8-4-2-1-3-5-8;2*1-2/h1-5H,6-7,10H2,(H,11,12);2*1-2H3. The lowest BCUT2D eigenvalue weighted by molar-refractivity contribution is 0.0955. The smallest absolute Gasteiger partial charge is 0.251 e. The Bertz CT molecular complexity index is 247. The molecule has 16 heavy (non-hydrogen) atoms. The number of nitrogens with one attached hydrogen (secondary N) is 1. The molecule has 0 aliphatic heterocycles. The van der Waals surface area contributed by atoms with Crippen LogP contribution in [0.15, 0.2) is 30.3 Å². The minimum Gasteiger partial charge on any atom is -0.351 e. The van der Waals surface area contributed by atoms with Gasteiger partial charge in [0.15, 0.2) is 0 Å². The van der Waals surface area contributed by atoms with Crippen LogP contribution in [0.25, 0.3) is 0 Å². The highest BCUT2D eigenvalue weighted by molar-refractivity contribution is 5.94. The normalized spacial score (nSPS) is 7.81. The Kier molecular flexibility index (Phi) is 14.6. The number of rotatable bonds is 3. The predicted octanol–water partition coefficient (Wildman–Crippen LogP) is 2.43. The molecule has 0 atom stereocenters. The number of hydrogen-bond donors (Lipinski definition) is 2. The van der Waals surface area contributed by atoms with Crippen LogP contribution in [-0.4, -0.2) is 19.0 Å². The molecule has 0 saturated heterocycles. The number of carbonyl (C=O) groups is 1. The van der Waals surface area contributed by atoms with Crippen LogP contribution in [0.4, 0.5) is 0 Å². The summed E-state index contributed by atoms with van der Waals surface area (Å²) in [7, 11) is 0. The van der Waals surface area contributed by atoms with Gasteiger partial charge in [-0.05, 0) is 12.1 Å². The van der Waals surface area contributed by atoms with E-state index in [0.29, 0.717) is 18.7 Å². The van der Waals surface area contributed by atoms with Gasteiger partial charge in [-0.1, -0.05) is 45.9 Å². The third-order valence-corrected chi connectivity index (χ3v) is 1.47. The van der Waals surface area contributed by atoms with Crippen molar-refractivity contribution in [2.75, 3.05) is 13.1 Å². The van der Waals surface area contributed by atoms with Crippen LogP contribution in [0.1, 0.15) is 38.1 Å². The monoisotopic (exact) mass is 224 g/mol. The zero-order chi connectivity index (χ0) is 12.8. The van der Waals surface area contributed by atoms with Gasteiger partial charge in [-0.2, -0.15) is 0 Å². The van der Waals surface area contributed by atoms with Crippen LogP contribution in [0.5, 0.6) is 0 Å². The molecule has 0 saturated carbocycles. The van der Waals surface area contributed by atoms with Gasteiger partial charge in [0.05, 0.1) is 0 Å². The Balaban J connectivity index is 0. The zero-order valence-corrected chi connectivity index (χ0v) is 10.8. The number of benzene rings is 1. The minimum atomic E-state index is -0.0685. The first-order chi connectivity index (χ1) is 7.84. The summed E-state index contributed by atoms with van der Waals surface area (Å²) in [5, 5.41) is 2.68. The summed E-state index contributed by atoms with van der Waals surface area (Å²) >= 11 is 0. The van der Waals surface area contributed by atoms with E-state index in [2.05, 4.69) is 5.32 Å². The van der Waals surface area contributed by atoms with Gasteiger partial charge in [-0.3, -0.25) is 4.79 Å². The first-order valence-corrected chi connectivity index (χ1v) is 5.88. The second kappa shape index (κ2) is 13.7. The average Bonchev–Trinajstić information content (AvgIpc) is 2.41. The van der Waals surface area contributed by atoms with E-state index in [-0.39, 0.29) is 5.91 Å². The number of carbonyl (C=O) groups excluding carboxylic acids is 1. The highest BCUT2D eigenvalue weighted by Gasteiger charge is 2.00. The molecule has 0 aliphatic rings. The van der Waals surface area contributed by atoms with Crippen molar-refractivity contribution in [2.45, 2.75) is 27.7 Å². The van der Waals surface area contributed by atoms with E-state index in [9.17, 15) is 4.79 Å². The summed E-state index contributed by atoms with van der Waals surface area (Å²) in [6, 6.07) is 9.08. The first kappa shape index (κ1) is 17.1. The molecule has 1 amide bonds. The molecule has 3 nitrogen and oxygen atoms in total. The summed E-state index contributed by atoms with van der Waals surface area (Å²) < 4.78 is 0. The lowest BCUT2D eigenvalue weighted by Gasteiger charge is -2.01. The molecule has 0 fully saturated rings. The van der Waals surface area contributed by atoms with E-state index in [1.54, 1.807) is 12.1 Å². The highest BCUT2D eigenvalue weighted by Crippen LogP contribution is 1.96. The topological polar surface area (TPSA) is 55.1 Å². The number of nitrogens with two attached hydrogens (primary N) is 1. The van der Waals surface area contributed by atoms with Crippen molar-refractivity contribution >= 4 is 5.91 Å². The molecular weight excluding hydrogens is 200 g/mol. The molecule has 3 heteroatoms. The molecule has 1 aromatic carbocycles. The van der Waals surface area contributed by atoms with E-state index >= 15 is 0 Å². The molecule has 0 aromatic heterocycles. The van der Waals surface area contributed by atoms with Crippen molar-refractivity contribution in [3.8, 4) is 0 Å². The van der Waals surface area contributed by atoms with E-state index in [0.717, 1.165) is 0 Å². The van der Waals surface area contributed by atoms with Gasteiger partial charge in [-0.15, -0.1) is 0 Å². The predicted molar refractivity (Wildman–Crippen MR) is 70.5 cm³/mol. The highest BCUT2D eigenvalue weighted by atomic mass is 16.1. The average molecular weight is 224 g/mol. The molecule has 1 aromatic rings. The Morgan fingerprint density at radius 1 is 1.12 bits per heavy atom. The van der Waals surface area contributed by atoms with Gasteiger partial charge in [-0.25, -0.2) is 0 Å². The fraction of sp³-hybridized carbons (Fsp3) is 0.462. The van der Waals surface area contributed by atoms with E-state index < -0.39 is 0 Å². The van der Waals surface area contributed by atoms with Gasteiger partial charge >= 0.3 is 0 Å². The third-order valence-electron chi connectivity index (χ3n) is 1.47. The van der Waals surface area contributed by atoms with Crippen molar-refractivity contribution in [3.05, 3.63) is 35.9 Å². The number of hydrogen-bond acceptors (Lipinski definition) is 2. The quantitative estimate of drug-likeness (QED) is 0.828. The minimum absolute atomic E-state index is 0.0685. The molecule has 0 heterocycles. The van der Waals surface area contributed by atoms with Crippen LogP contribution in [0, 0.1) is 0 Å². The molecule has 0 unspecified atom stereocenters. The molecule has 0 spiro atoms. The Hall–Kier alpha value is -1.35. The number of amides is 1. The van der Waals surface area contributed by atoms with Crippen molar-refractivity contribution in [3.63, 3.8) is 0 Å². The maximum Gasteiger partial charge on any atom is 0.251 e. The summed E-state index contributed by atoms with van der Waals surface area (Å²) in [6.07, 6.45) is 0. The second-order valence-electron chi connectivity index (χ2n) is 2.41. The Morgan fingerprint density at radius 3 is 2.06 bits per heavy atom. The molecule has 0 radical (unpaired) electrons. The van der Waals surface area contributed by atoms with Gasteiger partial charge < -0.3 is 11.1 Å². The molecule has 92 valence electrons. The Morgan fingerprint density at radius 2 is 1.62 bits per heavy atom. The van der Waals surface area contributed by atoms with Crippen molar-refractivity contribution < 1.29 is 4.79 Å². The molecule has 0 aliphatic carbocycles. The van der Waals surface area contributed by atoms with Gasteiger partial charge in [0.2, 0.25) is 0 Å². The van der Waals surface area contributed by atoms with Gasteiger partial charge in [0.25, 0.3) is 5.91 Å². The first-order valence-electron chi connectivity index (χ1n) is 5.88. The lowest BCUT2D eigenvalue weighted by Crippen LogP contribution is -2.28. The molecular formula is C13H24N2O. The van der Waals surface area contributed by atoms with E-state index in [1.165, 1.54) is 0 Å². The van der Waals surface area contributed by atoms with Crippen molar-refractivity contribution in [2.24, 2.45) is 5.73 Å². The van der Waals surface area contributed by atoms with E-state index in [1.807, 2.05) is 45.9 Å². The summed E-state index contributed by atoms with van der Waals surface area (Å²) in [4.78, 5) is 11.2. The SMILES string of the molecule is CC.CC.NCCNC(=O)c1ccccc1. The summed E-state index contributed by atoms with van der Waals surface area (Å²) in [6.45, 7) is 8.99. The Labute approximate surface area is 99.0 Å². The molecule has 1 rings (SSSR count). The van der Waals surface area contributed by atoms with E-state index in [4.69, 9.17) is 5.73 Å². The summed E-state index contributed by atoms with van der Waals surface area (Å²) in [5.41, 5.74) is 5.91. The maximum absolute atomic E-state index is 11.2. The molecule has 0 bridgehead atoms. The van der Waals surface area contributed by atoms with Crippen molar-refractivity contribution in [1.29, 1.82) is 0 Å². The fourth-order valence-corrected chi connectivity index (χ4v) is 0.877. The van der Waals surface area contributed by atoms with Gasteiger partial charge in [0.1, 0.15) is 0 Å². The van der Waals surface area contributed by atoms with Crippen molar-refractivity contribution in [1.82, 2.24) is 5.32 Å². The fourth-order valence-electron chi connectivity index (χ4n) is 0.877. The van der Waals surface area contributed by atoms with Crippen LogP contribution < -0.4 is 11.1 Å². The third kappa shape index (κ3) is 8.00. The zero-order valence-electron chi connectivity index (χ0n) is 10.8. The second-order valence-corrected chi connectivity index (χ2v) is 2.41. The van der Waals surface area contributed by atoms with Crippen LogP contribution in [0.2, 0.25) is 0 Å². The maximum atomic E-state index is 11.2. The van der Waals surface area contributed by atoms with Gasteiger partial charge in [0, 0.05) is 18.7 Å². The van der Waals surface area contributed by atoms with Crippen LogP contribution in [0.3, 0.4) is 0 Å². The largest absolute Gasteiger partial charge is 0.351 e.